The maximum atomic E-state index is 4.22. The summed E-state index contributed by atoms with van der Waals surface area (Å²) in [5.74, 6) is 0. The highest BCUT2D eigenvalue weighted by atomic mass is 15.2. The normalized spacial score (nSPS) is 19.1. The summed E-state index contributed by atoms with van der Waals surface area (Å²) in [5, 5.41) is 10.9. The lowest BCUT2D eigenvalue weighted by Gasteiger charge is -2.36. The third-order valence-electron chi connectivity index (χ3n) is 6.30. The SMILES string of the molecule is C=C(/C=C\c1ccc(C2NC(c3ccccc3)=C3C=CC=CC3N2)cc1NC)c1ccccc1. The predicted octanol–water partition coefficient (Wildman–Crippen LogP) is 6.55. The molecule has 0 spiro atoms. The molecule has 3 heteroatoms. The van der Waals surface area contributed by atoms with Gasteiger partial charge in [0.1, 0.15) is 6.17 Å². The molecule has 2 unspecified atom stereocenters. The molecule has 2 atom stereocenters. The van der Waals surface area contributed by atoms with Crippen LogP contribution in [-0.4, -0.2) is 13.1 Å². The number of fused-ring (bicyclic) bond motifs is 1. The average Bonchev–Trinajstić information content (AvgIpc) is 2.92. The van der Waals surface area contributed by atoms with E-state index in [9.17, 15) is 0 Å². The van der Waals surface area contributed by atoms with Crippen LogP contribution in [0.5, 0.6) is 0 Å². The van der Waals surface area contributed by atoms with Gasteiger partial charge in [-0.2, -0.15) is 0 Å². The molecule has 1 heterocycles. The predicted molar refractivity (Wildman–Crippen MR) is 145 cm³/mol. The Morgan fingerprint density at radius 2 is 1.71 bits per heavy atom. The number of benzene rings is 3. The summed E-state index contributed by atoms with van der Waals surface area (Å²) in [6.07, 6.45) is 12.8. The van der Waals surface area contributed by atoms with E-state index in [2.05, 4.69) is 120 Å². The van der Waals surface area contributed by atoms with Crippen LogP contribution in [0.2, 0.25) is 0 Å². The van der Waals surface area contributed by atoms with Crippen LogP contribution in [-0.2, 0) is 0 Å². The Hall–Kier alpha value is -4.08. The summed E-state index contributed by atoms with van der Waals surface area (Å²) in [7, 11) is 1.96. The molecule has 2 aliphatic rings. The van der Waals surface area contributed by atoms with Gasteiger partial charge in [0.25, 0.3) is 0 Å². The number of rotatable bonds is 6. The van der Waals surface area contributed by atoms with Crippen molar-refractivity contribution >= 4 is 23.0 Å². The van der Waals surface area contributed by atoms with E-state index < -0.39 is 0 Å². The first-order chi connectivity index (χ1) is 16.7. The molecule has 0 fully saturated rings. The Morgan fingerprint density at radius 1 is 0.941 bits per heavy atom. The number of allylic oxidation sites excluding steroid dienone is 4. The number of nitrogens with one attached hydrogen (secondary N) is 3. The van der Waals surface area contributed by atoms with Crippen molar-refractivity contribution in [3.63, 3.8) is 0 Å². The van der Waals surface area contributed by atoms with Gasteiger partial charge < -0.3 is 10.6 Å². The van der Waals surface area contributed by atoms with Gasteiger partial charge >= 0.3 is 0 Å². The number of hydrogen-bond acceptors (Lipinski definition) is 3. The van der Waals surface area contributed by atoms with Gasteiger partial charge in [-0.15, -0.1) is 0 Å². The van der Waals surface area contributed by atoms with Gasteiger partial charge in [0, 0.05) is 18.4 Å². The second-order valence-electron chi connectivity index (χ2n) is 8.48. The first-order valence-corrected chi connectivity index (χ1v) is 11.6. The molecule has 0 saturated heterocycles. The van der Waals surface area contributed by atoms with Crippen LogP contribution in [0.25, 0.3) is 17.3 Å². The molecular weight excluding hydrogens is 414 g/mol. The smallest absolute Gasteiger partial charge is 0.104 e. The van der Waals surface area contributed by atoms with Gasteiger partial charge in [0.05, 0.1) is 6.04 Å². The van der Waals surface area contributed by atoms with E-state index in [1.54, 1.807) is 0 Å². The first kappa shape index (κ1) is 21.7. The second-order valence-corrected chi connectivity index (χ2v) is 8.48. The highest BCUT2D eigenvalue weighted by molar-refractivity contribution is 5.80. The summed E-state index contributed by atoms with van der Waals surface area (Å²) >= 11 is 0. The van der Waals surface area contributed by atoms with E-state index in [0.29, 0.717) is 0 Å². The molecule has 0 aromatic heterocycles. The summed E-state index contributed by atoms with van der Waals surface area (Å²) in [5.41, 5.74) is 9.13. The Kier molecular flexibility index (Phi) is 6.28. The maximum absolute atomic E-state index is 4.22. The van der Waals surface area contributed by atoms with Crippen LogP contribution in [0.15, 0.2) is 121 Å². The van der Waals surface area contributed by atoms with Crippen molar-refractivity contribution in [2.45, 2.75) is 12.2 Å². The Labute approximate surface area is 201 Å². The van der Waals surface area contributed by atoms with Crippen molar-refractivity contribution in [2.75, 3.05) is 12.4 Å². The molecule has 0 radical (unpaired) electrons. The fourth-order valence-corrected chi connectivity index (χ4v) is 4.46. The van der Waals surface area contributed by atoms with Crippen LogP contribution in [0, 0.1) is 0 Å². The standard InChI is InChI=1S/C31H29N3/c1-22(23-11-5-3-6-12-23)17-18-24-19-20-26(21-29(24)32-2)31-33-28-16-10-9-15-27(28)30(34-31)25-13-7-4-8-14-25/h3-21,28,31-34H,1H2,2H3/b18-17-. The third-order valence-corrected chi connectivity index (χ3v) is 6.30. The number of anilines is 1. The van der Waals surface area contributed by atoms with Gasteiger partial charge in [-0.25, -0.2) is 0 Å². The molecule has 168 valence electrons. The van der Waals surface area contributed by atoms with E-state index in [4.69, 9.17) is 0 Å². The quantitative estimate of drug-likeness (QED) is 0.378. The highest BCUT2D eigenvalue weighted by Crippen LogP contribution is 2.32. The zero-order valence-corrected chi connectivity index (χ0v) is 19.3. The van der Waals surface area contributed by atoms with Crippen molar-refractivity contribution in [3.8, 4) is 0 Å². The molecule has 0 amide bonds. The Balaban J connectivity index is 1.42. The summed E-state index contributed by atoms with van der Waals surface area (Å²) in [4.78, 5) is 0. The highest BCUT2D eigenvalue weighted by Gasteiger charge is 2.28. The number of hydrogen-bond donors (Lipinski definition) is 3. The van der Waals surface area contributed by atoms with Gasteiger partial charge in [-0.05, 0) is 39.5 Å². The largest absolute Gasteiger partial charge is 0.388 e. The Morgan fingerprint density at radius 3 is 2.47 bits per heavy atom. The van der Waals surface area contributed by atoms with Crippen molar-refractivity contribution < 1.29 is 0 Å². The van der Waals surface area contributed by atoms with Crippen molar-refractivity contribution in [1.82, 2.24) is 10.6 Å². The molecule has 1 aliphatic heterocycles. The van der Waals surface area contributed by atoms with E-state index >= 15 is 0 Å². The first-order valence-electron chi connectivity index (χ1n) is 11.6. The molecule has 3 N–H and O–H groups in total. The molecule has 5 rings (SSSR count). The van der Waals surface area contributed by atoms with Gasteiger partial charge in [0.2, 0.25) is 0 Å². The summed E-state index contributed by atoms with van der Waals surface area (Å²) in [6.45, 7) is 4.22. The van der Waals surface area contributed by atoms with Crippen molar-refractivity contribution in [3.05, 3.63) is 144 Å². The minimum atomic E-state index is -0.00970. The third kappa shape index (κ3) is 4.52. The fourth-order valence-electron chi connectivity index (χ4n) is 4.46. The molecule has 3 aromatic rings. The fraction of sp³-hybridized carbons (Fsp3) is 0.0968. The van der Waals surface area contributed by atoms with Crippen LogP contribution in [0.1, 0.15) is 28.4 Å². The molecular formula is C31H29N3. The van der Waals surface area contributed by atoms with Crippen LogP contribution in [0.4, 0.5) is 5.69 Å². The lowest BCUT2D eigenvalue weighted by molar-refractivity contribution is 0.460. The minimum absolute atomic E-state index is 0.00970. The van der Waals surface area contributed by atoms with Crippen molar-refractivity contribution in [2.24, 2.45) is 0 Å². The topological polar surface area (TPSA) is 36.1 Å². The van der Waals surface area contributed by atoms with E-state index in [-0.39, 0.29) is 12.2 Å². The van der Waals surface area contributed by atoms with Crippen LogP contribution in [0.3, 0.4) is 0 Å². The molecule has 0 bridgehead atoms. The zero-order chi connectivity index (χ0) is 23.3. The van der Waals surface area contributed by atoms with Gasteiger partial charge in [-0.1, -0.05) is 116 Å². The van der Waals surface area contributed by atoms with Gasteiger partial charge in [0.15, 0.2) is 0 Å². The summed E-state index contributed by atoms with van der Waals surface area (Å²) in [6, 6.07) is 27.5. The zero-order valence-electron chi connectivity index (χ0n) is 19.3. The van der Waals surface area contributed by atoms with Crippen LogP contribution < -0.4 is 16.0 Å². The lowest BCUT2D eigenvalue weighted by Crippen LogP contribution is -2.45. The minimum Gasteiger partial charge on any atom is -0.388 e. The summed E-state index contributed by atoms with van der Waals surface area (Å²) < 4.78 is 0. The Bertz CT molecular complexity index is 1300. The van der Waals surface area contributed by atoms with Crippen LogP contribution >= 0.6 is 0 Å². The van der Waals surface area contributed by atoms with E-state index in [1.807, 2.05) is 25.2 Å². The van der Waals surface area contributed by atoms with E-state index in [0.717, 1.165) is 22.4 Å². The van der Waals surface area contributed by atoms with Crippen molar-refractivity contribution in [1.29, 1.82) is 0 Å². The second kappa shape index (κ2) is 9.82. The van der Waals surface area contributed by atoms with E-state index in [1.165, 1.54) is 22.4 Å². The molecule has 0 saturated carbocycles. The lowest BCUT2D eigenvalue weighted by atomic mass is 9.92. The molecule has 3 aromatic carbocycles. The molecule has 34 heavy (non-hydrogen) atoms. The maximum Gasteiger partial charge on any atom is 0.104 e. The monoisotopic (exact) mass is 443 g/mol. The molecule has 3 nitrogen and oxygen atoms in total. The average molecular weight is 444 g/mol. The van der Waals surface area contributed by atoms with Gasteiger partial charge in [-0.3, -0.25) is 5.32 Å². The molecule has 1 aliphatic carbocycles.